The first-order chi connectivity index (χ1) is 5.75. The Hall–Kier alpha value is -0.290. The first kappa shape index (κ1) is 10.8. The molecule has 78 valence electrons. The summed E-state index contributed by atoms with van der Waals surface area (Å²) in [7, 11) is 0. The molecule has 1 heterocycles. The largest absolute Gasteiger partial charge is 0.406 e. The van der Waals surface area contributed by atoms with Gasteiger partial charge in [0.2, 0.25) is 0 Å². The Balaban J connectivity index is 2.70. The molecule has 1 aliphatic rings. The number of rotatable bonds is 1. The number of hydrogen-bond acceptors (Lipinski definition) is 2. The van der Waals surface area contributed by atoms with E-state index in [0.29, 0.717) is 13.0 Å². The van der Waals surface area contributed by atoms with E-state index in [9.17, 15) is 13.2 Å². The molecule has 1 fully saturated rings. The molecule has 1 atom stereocenters. The lowest BCUT2D eigenvalue weighted by Crippen LogP contribution is -2.53. The van der Waals surface area contributed by atoms with Crippen LogP contribution in [0.25, 0.3) is 0 Å². The third-order valence-corrected chi connectivity index (χ3v) is 2.65. The Morgan fingerprint density at radius 1 is 1.31 bits per heavy atom. The maximum atomic E-state index is 12.5. The van der Waals surface area contributed by atoms with Gasteiger partial charge in [-0.3, -0.25) is 4.90 Å². The average Bonchev–Trinajstić information content (AvgIpc) is 2.33. The van der Waals surface area contributed by atoms with Gasteiger partial charge in [0, 0.05) is 13.1 Å². The Morgan fingerprint density at radius 2 is 1.85 bits per heavy atom. The van der Waals surface area contributed by atoms with Crippen molar-refractivity contribution in [1.29, 1.82) is 0 Å². The topological polar surface area (TPSA) is 23.5 Å². The van der Waals surface area contributed by atoms with Gasteiger partial charge < -0.3 is 5.11 Å². The molecule has 1 N–H and O–H groups in total. The second-order valence-corrected chi connectivity index (χ2v) is 3.95. The van der Waals surface area contributed by atoms with Gasteiger partial charge in [0.15, 0.2) is 0 Å². The summed E-state index contributed by atoms with van der Waals surface area (Å²) in [6.45, 7) is 2.72. The second kappa shape index (κ2) is 3.13. The van der Waals surface area contributed by atoms with Crippen LogP contribution in [0.1, 0.15) is 20.3 Å². The zero-order valence-corrected chi connectivity index (χ0v) is 7.73. The van der Waals surface area contributed by atoms with Crippen LogP contribution in [0, 0.1) is 0 Å². The first-order valence-corrected chi connectivity index (χ1v) is 4.25. The SMILES string of the molecule is CC(C)(N1CCC(O)C1)C(F)(F)F. The molecule has 1 unspecified atom stereocenters. The minimum absolute atomic E-state index is 0.118. The van der Waals surface area contributed by atoms with Crippen LogP contribution >= 0.6 is 0 Å². The molecule has 0 aliphatic carbocycles. The highest BCUT2D eigenvalue weighted by molar-refractivity contribution is 4.93. The number of hydrogen-bond donors (Lipinski definition) is 1. The van der Waals surface area contributed by atoms with Crippen molar-refractivity contribution in [3.05, 3.63) is 0 Å². The van der Waals surface area contributed by atoms with Gasteiger partial charge in [0.05, 0.1) is 6.10 Å². The van der Waals surface area contributed by atoms with Gasteiger partial charge >= 0.3 is 6.18 Å². The van der Waals surface area contributed by atoms with Gasteiger partial charge in [-0.2, -0.15) is 13.2 Å². The molecule has 0 aromatic carbocycles. The fourth-order valence-corrected chi connectivity index (χ4v) is 1.43. The van der Waals surface area contributed by atoms with Gasteiger partial charge in [-0.05, 0) is 20.3 Å². The lowest BCUT2D eigenvalue weighted by Gasteiger charge is -2.36. The van der Waals surface area contributed by atoms with Crippen LogP contribution in [0.4, 0.5) is 13.2 Å². The van der Waals surface area contributed by atoms with Crippen LogP contribution in [-0.4, -0.2) is 40.9 Å². The Kier molecular flexibility index (Phi) is 2.60. The number of aliphatic hydroxyl groups excluding tert-OH is 1. The van der Waals surface area contributed by atoms with E-state index in [-0.39, 0.29) is 6.54 Å². The van der Waals surface area contributed by atoms with E-state index < -0.39 is 17.8 Å². The number of nitrogens with zero attached hydrogens (tertiary/aromatic N) is 1. The summed E-state index contributed by atoms with van der Waals surface area (Å²) in [5.41, 5.74) is -1.83. The molecule has 0 amide bonds. The Labute approximate surface area is 75.3 Å². The van der Waals surface area contributed by atoms with E-state index in [4.69, 9.17) is 5.11 Å². The van der Waals surface area contributed by atoms with Crippen molar-refractivity contribution in [3.8, 4) is 0 Å². The molecule has 2 nitrogen and oxygen atoms in total. The minimum atomic E-state index is -4.24. The molecule has 0 aromatic rings. The zero-order chi connectivity index (χ0) is 10.3. The van der Waals surface area contributed by atoms with E-state index in [0.717, 1.165) is 13.8 Å². The fraction of sp³-hybridized carbons (Fsp3) is 1.00. The molecule has 0 radical (unpaired) electrons. The molecular formula is C8H14F3NO. The summed E-state index contributed by atoms with van der Waals surface area (Å²) < 4.78 is 37.5. The standard InChI is InChI=1S/C8H14F3NO/c1-7(2,8(9,10)11)12-4-3-6(13)5-12/h6,13H,3-5H2,1-2H3. The normalized spacial score (nSPS) is 26.8. The summed E-state index contributed by atoms with van der Waals surface area (Å²) in [5, 5.41) is 9.12. The molecule has 5 heteroatoms. The quantitative estimate of drug-likeness (QED) is 0.686. The van der Waals surface area contributed by atoms with Gasteiger partial charge in [-0.25, -0.2) is 0 Å². The highest BCUT2D eigenvalue weighted by atomic mass is 19.4. The first-order valence-electron chi connectivity index (χ1n) is 4.25. The summed E-state index contributed by atoms with van der Waals surface area (Å²) in [5.74, 6) is 0. The molecule has 1 rings (SSSR count). The average molecular weight is 197 g/mol. The van der Waals surface area contributed by atoms with Crippen molar-refractivity contribution in [2.45, 2.75) is 38.1 Å². The Bertz CT molecular complexity index is 190. The van der Waals surface area contributed by atoms with Crippen LogP contribution < -0.4 is 0 Å². The van der Waals surface area contributed by atoms with Crippen LogP contribution in [-0.2, 0) is 0 Å². The van der Waals surface area contributed by atoms with Crippen LogP contribution in [0.15, 0.2) is 0 Å². The zero-order valence-electron chi connectivity index (χ0n) is 7.73. The number of β-amino-alcohol motifs (C(OH)–C–C–N with tert-alkyl or cyclic N) is 1. The summed E-state index contributed by atoms with van der Waals surface area (Å²) in [4.78, 5) is 1.28. The molecule has 0 aromatic heterocycles. The lowest BCUT2D eigenvalue weighted by molar-refractivity contribution is -0.218. The molecule has 13 heavy (non-hydrogen) atoms. The lowest BCUT2D eigenvalue weighted by atomic mass is 10.0. The number of aliphatic hydroxyl groups is 1. The summed E-state index contributed by atoms with van der Waals surface area (Å²) in [6, 6.07) is 0. The third-order valence-electron chi connectivity index (χ3n) is 2.65. The van der Waals surface area contributed by atoms with Gasteiger partial charge in [0.25, 0.3) is 0 Å². The van der Waals surface area contributed by atoms with Crippen molar-refractivity contribution in [2.24, 2.45) is 0 Å². The highest BCUT2D eigenvalue weighted by Gasteiger charge is 2.52. The molecule has 1 aliphatic heterocycles. The van der Waals surface area contributed by atoms with Gasteiger partial charge in [0.1, 0.15) is 5.54 Å². The van der Waals surface area contributed by atoms with Crippen LogP contribution in [0.2, 0.25) is 0 Å². The third kappa shape index (κ3) is 1.96. The number of likely N-dealkylation sites (tertiary alicyclic amines) is 1. The van der Waals surface area contributed by atoms with Crippen molar-refractivity contribution >= 4 is 0 Å². The van der Waals surface area contributed by atoms with Gasteiger partial charge in [-0.1, -0.05) is 0 Å². The highest BCUT2D eigenvalue weighted by Crippen LogP contribution is 2.36. The van der Waals surface area contributed by atoms with Crippen LogP contribution in [0.3, 0.4) is 0 Å². The smallest absolute Gasteiger partial charge is 0.392 e. The monoisotopic (exact) mass is 197 g/mol. The van der Waals surface area contributed by atoms with Gasteiger partial charge in [-0.15, -0.1) is 0 Å². The fourth-order valence-electron chi connectivity index (χ4n) is 1.43. The van der Waals surface area contributed by atoms with Crippen LogP contribution in [0.5, 0.6) is 0 Å². The minimum Gasteiger partial charge on any atom is -0.392 e. The predicted octanol–water partition coefficient (Wildman–Crippen LogP) is 1.39. The molecule has 0 saturated carbocycles. The van der Waals surface area contributed by atoms with E-state index in [1.807, 2.05) is 0 Å². The second-order valence-electron chi connectivity index (χ2n) is 3.95. The maximum absolute atomic E-state index is 12.5. The Morgan fingerprint density at radius 3 is 2.15 bits per heavy atom. The van der Waals surface area contributed by atoms with E-state index >= 15 is 0 Å². The summed E-state index contributed by atoms with van der Waals surface area (Å²) in [6.07, 6.45) is -4.42. The van der Waals surface area contributed by atoms with Crippen molar-refractivity contribution in [3.63, 3.8) is 0 Å². The predicted molar refractivity (Wildman–Crippen MR) is 42.3 cm³/mol. The molecule has 0 bridgehead atoms. The number of alkyl halides is 3. The van der Waals surface area contributed by atoms with E-state index in [1.54, 1.807) is 0 Å². The van der Waals surface area contributed by atoms with Crippen molar-refractivity contribution in [1.82, 2.24) is 4.90 Å². The maximum Gasteiger partial charge on any atom is 0.406 e. The van der Waals surface area contributed by atoms with Crippen molar-refractivity contribution < 1.29 is 18.3 Å². The van der Waals surface area contributed by atoms with E-state index in [2.05, 4.69) is 0 Å². The molecular weight excluding hydrogens is 183 g/mol. The molecule has 1 saturated heterocycles. The summed E-state index contributed by atoms with van der Waals surface area (Å²) >= 11 is 0. The molecule has 0 spiro atoms. The van der Waals surface area contributed by atoms with E-state index in [1.165, 1.54) is 4.90 Å². The van der Waals surface area contributed by atoms with Crippen molar-refractivity contribution in [2.75, 3.05) is 13.1 Å². The number of halogens is 3.